The summed E-state index contributed by atoms with van der Waals surface area (Å²) in [5, 5.41) is 9.18. The van der Waals surface area contributed by atoms with Gasteiger partial charge in [-0.05, 0) is 37.1 Å². The number of aromatic carboxylic acids is 1. The Labute approximate surface area is 116 Å². The Morgan fingerprint density at radius 3 is 2.55 bits per heavy atom. The first-order chi connectivity index (χ1) is 9.69. The van der Waals surface area contributed by atoms with Crippen LogP contribution in [0.1, 0.15) is 34.8 Å². The first kappa shape index (κ1) is 12.6. The van der Waals surface area contributed by atoms with E-state index in [9.17, 15) is 9.90 Å². The minimum Gasteiger partial charge on any atom is -0.497 e. The number of ether oxygens (including phenoxy) is 1. The molecule has 1 aliphatic carbocycles. The maximum atomic E-state index is 11.2. The predicted molar refractivity (Wildman–Crippen MR) is 73.0 cm³/mol. The summed E-state index contributed by atoms with van der Waals surface area (Å²) in [6.45, 7) is 0. The van der Waals surface area contributed by atoms with E-state index in [1.54, 1.807) is 7.11 Å². The van der Waals surface area contributed by atoms with Gasteiger partial charge in [0.2, 0.25) is 0 Å². The summed E-state index contributed by atoms with van der Waals surface area (Å²) in [6, 6.07) is 7.40. The molecule has 0 radical (unpaired) electrons. The highest BCUT2D eigenvalue weighted by molar-refractivity contribution is 5.89. The summed E-state index contributed by atoms with van der Waals surface area (Å²) in [5.74, 6) is 0.618. The Morgan fingerprint density at radius 2 is 2.00 bits per heavy atom. The van der Waals surface area contributed by atoms with Crippen molar-refractivity contribution < 1.29 is 14.6 Å². The fourth-order valence-electron chi connectivity index (χ4n) is 2.11. The average molecular weight is 270 g/mol. The van der Waals surface area contributed by atoms with E-state index >= 15 is 0 Å². The van der Waals surface area contributed by atoms with Crippen molar-refractivity contribution in [3.05, 3.63) is 41.7 Å². The molecule has 3 rings (SSSR count). The number of nitrogens with zero attached hydrogens (tertiary/aromatic N) is 2. The lowest BCUT2D eigenvalue weighted by molar-refractivity contribution is 0.0694. The number of aromatic nitrogens is 2. The van der Waals surface area contributed by atoms with Crippen LogP contribution >= 0.6 is 0 Å². The molecule has 0 amide bonds. The van der Waals surface area contributed by atoms with Crippen molar-refractivity contribution in [1.29, 1.82) is 0 Å². The van der Waals surface area contributed by atoms with Crippen LogP contribution in [-0.2, 0) is 0 Å². The monoisotopic (exact) mass is 270 g/mol. The zero-order valence-electron chi connectivity index (χ0n) is 11.0. The van der Waals surface area contributed by atoms with E-state index in [1.165, 1.54) is 6.20 Å². The lowest BCUT2D eigenvalue weighted by Crippen LogP contribution is -2.06. The van der Waals surface area contributed by atoms with Gasteiger partial charge >= 0.3 is 5.97 Å². The highest BCUT2D eigenvalue weighted by atomic mass is 16.5. The molecule has 1 aliphatic rings. The Balaban J connectivity index is 2.01. The third kappa shape index (κ3) is 2.34. The van der Waals surface area contributed by atoms with Gasteiger partial charge in [-0.25, -0.2) is 14.8 Å². The second-order valence-corrected chi connectivity index (χ2v) is 4.80. The number of benzene rings is 1. The molecule has 0 aliphatic heterocycles. The maximum Gasteiger partial charge on any atom is 0.339 e. The fraction of sp³-hybridized carbons (Fsp3) is 0.267. The van der Waals surface area contributed by atoms with Crippen molar-refractivity contribution in [2.24, 2.45) is 0 Å². The number of rotatable bonds is 4. The van der Waals surface area contributed by atoms with Crippen LogP contribution in [-0.4, -0.2) is 28.2 Å². The Hall–Kier alpha value is -2.43. The molecule has 0 bridgehead atoms. The lowest BCUT2D eigenvalue weighted by atomic mass is 10.1. The van der Waals surface area contributed by atoms with Gasteiger partial charge in [-0.15, -0.1) is 0 Å². The quantitative estimate of drug-likeness (QED) is 0.924. The summed E-state index contributed by atoms with van der Waals surface area (Å²) in [4.78, 5) is 19.8. The Morgan fingerprint density at radius 1 is 1.30 bits per heavy atom. The van der Waals surface area contributed by atoms with Gasteiger partial charge in [0.25, 0.3) is 0 Å². The minimum atomic E-state index is -0.965. The number of hydrogen-bond acceptors (Lipinski definition) is 4. The normalized spacial score (nSPS) is 14.1. The molecule has 20 heavy (non-hydrogen) atoms. The van der Waals surface area contributed by atoms with Crippen LogP contribution in [0.4, 0.5) is 0 Å². The van der Waals surface area contributed by atoms with Crippen LogP contribution in [0.2, 0.25) is 0 Å². The smallest absolute Gasteiger partial charge is 0.339 e. The van der Waals surface area contributed by atoms with E-state index in [1.807, 2.05) is 24.3 Å². The second kappa shape index (κ2) is 4.92. The van der Waals surface area contributed by atoms with E-state index < -0.39 is 5.97 Å². The Bertz CT molecular complexity index is 649. The van der Waals surface area contributed by atoms with Gasteiger partial charge in [0.15, 0.2) is 5.82 Å². The van der Waals surface area contributed by atoms with Gasteiger partial charge in [-0.1, -0.05) is 0 Å². The summed E-state index contributed by atoms with van der Waals surface area (Å²) in [5.41, 5.74) is 1.72. The molecule has 5 heteroatoms. The average Bonchev–Trinajstić information content (AvgIpc) is 3.31. The maximum absolute atomic E-state index is 11.2. The number of carboxylic acid groups (broad SMARTS) is 1. The summed E-state index contributed by atoms with van der Waals surface area (Å²) < 4.78 is 5.11. The SMILES string of the molecule is COc1ccc(-c2ncc(C(=O)O)c(C3CC3)n2)cc1. The van der Waals surface area contributed by atoms with E-state index in [4.69, 9.17) is 4.74 Å². The number of methoxy groups -OCH3 is 1. The molecular weight excluding hydrogens is 256 g/mol. The first-order valence-corrected chi connectivity index (χ1v) is 6.43. The second-order valence-electron chi connectivity index (χ2n) is 4.80. The molecule has 0 saturated heterocycles. The van der Waals surface area contributed by atoms with Gasteiger partial charge in [-0.2, -0.15) is 0 Å². The van der Waals surface area contributed by atoms with E-state index in [-0.39, 0.29) is 11.5 Å². The van der Waals surface area contributed by atoms with Crippen LogP contribution < -0.4 is 4.74 Å². The largest absolute Gasteiger partial charge is 0.497 e. The molecule has 102 valence electrons. The van der Waals surface area contributed by atoms with E-state index in [0.717, 1.165) is 24.2 Å². The molecule has 1 aromatic carbocycles. The van der Waals surface area contributed by atoms with Crippen molar-refractivity contribution in [3.8, 4) is 17.1 Å². The minimum absolute atomic E-state index is 0.213. The topological polar surface area (TPSA) is 72.3 Å². The van der Waals surface area contributed by atoms with Gasteiger partial charge in [-0.3, -0.25) is 0 Å². The summed E-state index contributed by atoms with van der Waals surface area (Å²) >= 11 is 0. The molecule has 0 unspecified atom stereocenters. The van der Waals surface area contributed by atoms with Crippen molar-refractivity contribution in [1.82, 2.24) is 9.97 Å². The zero-order valence-corrected chi connectivity index (χ0v) is 11.0. The molecule has 1 fully saturated rings. The lowest BCUT2D eigenvalue weighted by Gasteiger charge is -2.07. The van der Waals surface area contributed by atoms with Gasteiger partial charge in [0.1, 0.15) is 5.75 Å². The van der Waals surface area contributed by atoms with Crippen molar-refractivity contribution in [2.75, 3.05) is 7.11 Å². The van der Waals surface area contributed by atoms with Crippen molar-refractivity contribution >= 4 is 5.97 Å². The Kier molecular flexibility index (Phi) is 3.10. The first-order valence-electron chi connectivity index (χ1n) is 6.43. The van der Waals surface area contributed by atoms with E-state index in [2.05, 4.69) is 9.97 Å². The molecular formula is C15H14N2O3. The highest BCUT2D eigenvalue weighted by Gasteiger charge is 2.30. The summed E-state index contributed by atoms with van der Waals surface area (Å²) in [6.07, 6.45) is 3.40. The molecule has 1 N–H and O–H groups in total. The van der Waals surface area contributed by atoms with Crippen molar-refractivity contribution in [2.45, 2.75) is 18.8 Å². The third-order valence-corrected chi connectivity index (χ3v) is 3.36. The molecule has 5 nitrogen and oxygen atoms in total. The van der Waals surface area contributed by atoms with Gasteiger partial charge in [0, 0.05) is 17.7 Å². The zero-order chi connectivity index (χ0) is 14.1. The molecule has 1 aromatic heterocycles. The molecule has 0 spiro atoms. The van der Waals surface area contributed by atoms with Gasteiger partial charge < -0.3 is 9.84 Å². The predicted octanol–water partition coefficient (Wildman–Crippen LogP) is 2.73. The molecule has 1 saturated carbocycles. The van der Waals surface area contributed by atoms with Crippen LogP contribution in [0.15, 0.2) is 30.5 Å². The molecule has 1 heterocycles. The molecule has 2 aromatic rings. The highest BCUT2D eigenvalue weighted by Crippen LogP contribution is 2.41. The number of carboxylic acids is 1. The van der Waals surface area contributed by atoms with E-state index in [0.29, 0.717) is 11.5 Å². The standard InChI is InChI=1S/C15H14N2O3/c1-20-11-6-4-10(5-7-11)14-16-8-12(15(18)19)13(17-14)9-2-3-9/h4-9H,2-3H2,1H3,(H,18,19). The van der Waals surface area contributed by atoms with Crippen molar-refractivity contribution in [3.63, 3.8) is 0 Å². The van der Waals surface area contributed by atoms with Crippen LogP contribution in [0.3, 0.4) is 0 Å². The number of hydrogen-bond donors (Lipinski definition) is 1. The summed E-state index contributed by atoms with van der Waals surface area (Å²) in [7, 11) is 1.61. The van der Waals surface area contributed by atoms with Crippen LogP contribution in [0.5, 0.6) is 5.75 Å². The fourth-order valence-corrected chi connectivity index (χ4v) is 2.11. The number of carbonyl (C=O) groups is 1. The third-order valence-electron chi connectivity index (χ3n) is 3.36. The van der Waals surface area contributed by atoms with Crippen LogP contribution in [0.25, 0.3) is 11.4 Å². The molecule has 0 atom stereocenters. The van der Waals surface area contributed by atoms with Crippen LogP contribution in [0, 0.1) is 0 Å². The van der Waals surface area contributed by atoms with Gasteiger partial charge in [0.05, 0.1) is 18.4 Å².